The number of hydrogen-bond donors (Lipinski definition) is 6. The number of carbonyl (C=O) groups is 4. The standard InChI is InChI=1S/C21H38N6O8/c1-5-9-33-21(32)35-11-15(26-20(31)34-10-12(2)3)17(29)24-13(4)16(28)25-14-7-6-8-27(18(14)30)19(22)23/h12-15,18,30H,5-11H2,1-4H3,(H3,22,23)(H,24,29)(H,25,28)(H,26,31)/t13-,14-,15+,18?/m0/s1. The van der Waals surface area contributed by atoms with Crippen LogP contribution >= 0.6 is 0 Å². The Balaban J connectivity index is 2.74. The minimum absolute atomic E-state index is 0.0612. The van der Waals surface area contributed by atoms with E-state index in [-0.39, 0.29) is 25.1 Å². The molecule has 1 aliphatic rings. The lowest BCUT2D eigenvalue weighted by Gasteiger charge is -2.38. The second-order valence-electron chi connectivity index (χ2n) is 8.58. The summed E-state index contributed by atoms with van der Waals surface area (Å²) in [6.45, 7) is 6.96. The number of piperidine rings is 1. The number of hydrogen-bond acceptors (Lipinski definition) is 9. The maximum Gasteiger partial charge on any atom is 0.508 e. The van der Waals surface area contributed by atoms with Gasteiger partial charge >= 0.3 is 12.2 Å². The summed E-state index contributed by atoms with van der Waals surface area (Å²) in [5.74, 6) is -1.65. The van der Waals surface area contributed by atoms with Crippen molar-refractivity contribution in [3.05, 3.63) is 0 Å². The molecule has 0 aromatic heterocycles. The molecule has 1 fully saturated rings. The molecule has 1 unspecified atom stereocenters. The van der Waals surface area contributed by atoms with Crippen molar-refractivity contribution < 1.29 is 38.5 Å². The molecule has 35 heavy (non-hydrogen) atoms. The first kappa shape index (κ1) is 29.7. The average molecular weight is 503 g/mol. The molecule has 0 radical (unpaired) electrons. The number of guanidine groups is 1. The van der Waals surface area contributed by atoms with E-state index in [9.17, 15) is 24.3 Å². The maximum atomic E-state index is 12.8. The van der Waals surface area contributed by atoms with Gasteiger partial charge in [-0.3, -0.25) is 15.0 Å². The van der Waals surface area contributed by atoms with E-state index in [0.717, 1.165) is 0 Å². The Morgan fingerprint density at radius 1 is 1.09 bits per heavy atom. The fourth-order valence-electron chi connectivity index (χ4n) is 3.06. The van der Waals surface area contributed by atoms with E-state index < -0.39 is 55.0 Å². The molecule has 1 rings (SSSR count). The minimum Gasteiger partial charge on any atom is -0.449 e. The fraction of sp³-hybridized carbons (Fsp3) is 0.762. The molecule has 14 nitrogen and oxygen atoms in total. The quantitative estimate of drug-likeness (QED) is 0.122. The highest BCUT2D eigenvalue weighted by atomic mass is 16.7. The molecular weight excluding hydrogens is 464 g/mol. The third-order valence-electron chi connectivity index (χ3n) is 4.93. The zero-order valence-corrected chi connectivity index (χ0v) is 20.7. The number of likely N-dealkylation sites (tertiary alicyclic amines) is 1. The molecule has 14 heteroatoms. The SMILES string of the molecule is CCCOC(=O)OC[C@@H](NC(=O)OCC(C)C)C(=O)N[C@@H](C)C(=O)N[C@H]1CCCN(C(=N)N)C1O. The molecule has 0 aromatic rings. The Morgan fingerprint density at radius 2 is 1.77 bits per heavy atom. The highest BCUT2D eigenvalue weighted by Gasteiger charge is 2.33. The van der Waals surface area contributed by atoms with Crippen molar-refractivity contribution in [2.45, 2.75) is 71.3 Å². The number of ether oxygens (including phenoxy) is 3. The predicted molar refractivity (Wildman–Crippen MR) is 124 cm³/mol. The summed E-state index contributed by atoms with van der Waals surface area (Å²) in [4.78, 5) is 50.3. The second-order valence-corrected chi connectivity index (χ2v) is 8.58. The number of nitrogens with one attached hydrogen (secondary N) is 4. The Bertz CT molecular complexity index is 749. The summed E-state index contributed by atoms with van der Waals surface area (Å²) >= 11 is 0. The fourth-order valence-corrected chi connectivity index (χ4v) is 3.06. The van der Waals surface area contributed by atoms with Crippen molar-refractivity contribution in [2.24, 2.45) is 11.7 Å². The van der Waals surface area contributed by atoms with Crippen LogP contribution in [0.15, 0.2) is 0 Å². The Hall–Kier alpha value is -3.29. The maximum absolute atomic E-state index is 12.8. The largest absolute Gasteiger partial charge is 0.508 e. The molecule has 0 saturated carbocycles. The van der Waals surface area contributed by atoms with E-state index >= 15 is 0 Å². The molecule has 0 aromatic carbocycles. The van der Waals surface area contributed by atoms with Crippen LogP contribution in [-0.4, -0.2) is 90.7 Å². The van der Waals surface area contributed by atoms with Crippen LogP contribution in [0.3, 0.4) is 0 Å². The summed E-state index contributed by atoms with van der Waals surface area (Å²) in [5.41, 5.74) is 5.45. The molecule has 7 N–H and O–H groups in total. The lowest BCUT2D eigenvalue weighted by atomic mass is 10.0. The van der Waals surface area contributed by atoms with Gasteiger partial charge in [0.25, 0.3) is 0 Å². The lowest BCUT2D eigenvalue weighted by Crippen LogP contribution is -2.61. The molecule has 200 valence electrons. The minimum atomic E-state index is -1.35. The van der Waals surface area contributed by atoms with Crippen LogP contribution in [0.2, 0.25) is 0 Å². The first-order chi connectivity index (χ1) is 16.5. The normalized spacial score (nSPS) is 19.2. The van der Waals surface area contributed by atoms with Gasteiger partial charge in [0.2, 0.25) is 11.8 Å². The second kappa shape index (κ2) is 14.9. The molecule has 3 amide bonds. The van der Waals surface area contributed by atoms with Gasteiger partial charge in [-0.05, 0) is 32.1 Å². The number of amides is 3. The van der Waals surface area contributed by atoms with Crippen LogP contribution in [0, 0.1) is 11.3 Å². The third kappa shape index (κ3) is 10.7. The van der Waals surface area contributed by atoms with E-state index in [2.05, 4.69) is 16.0 Å². The van der Waals surface area contributed by atoms with Gasteiger partial charge in [-0.25, -0.2) is 9.59 Å². The summed E-state index contributed by atoms with van der Waals surface area (Å²) in [6.07, 6.45) is -1.45. The van der Waals surface area contributed by atoms with Gasteiger partial charge in [0.1, 0.15) is 24.9 Å². The van der Waals surface area contributed by atoms with Crippen molar-refractivity contribution in [1.29, 1.82) is 5.41 Å². The van der Waals surface area contributed by atoms with E-state index in [1.54, 1.807) is 6.92 Å². The zero-order valence-electron chi connectivity index (χ0n) is 20.7. The third-order valence-corrected chi connectivity index (χ3v) is 4.93. The molecular formula is C21H38N6O8. The van der Waals surface area contributed by atoms with E-state index in [4.69, 9.17) is 25.4 Å². The predicted octanol–water partition coefficient (Wildman–Crippen LogP) is -0.402. The van der Waals surface area contributed by atoms with Gasteiger partial charge in [0.05, 0.1) is 19.3 Å². The summed E-state index contributed by atoms with van der Waals surface area (Å²) < 4.78 is 14.7. The van der Waals surface area contributed by atoms with Gasteiger partial charge in [0, 0.05) is 6.54 Å². The Morgan fingerprint density at radius 3 is 2.37 bits per heavy atom. The van der Waals surface area contributed by atoms with Crippen LogP contribution < -0.4 is 21.7 Å². The monoisotopic (exact) mass is 502 g/mol. The van der Waals surface area contributed by atoms with Gasteiger partial charge in [-0.2, -0.15) is 0 Å². The number of alkyl carbamates (subject to hydrolysis) is 1. The number of rotatable bonds is 11. The van der Waals surface area contributed by atoms with Crippen molar-refractivity contribution >= 4 is 30.0 Å². The van der Waals surface area contributed by atoms with Crippen molar-refractivity contribution in [3.8, 4) is 0 Å². The number of nitrogens with zero attached hydrogens (tertiary/aromatic N) is 1. The van der Waals surface area contributed by atoms with E-state index in [1.807, 2.05) is 13.8 Å². The Kier molecular flexibility index (Phi) is 12.6. The van der Waals surface area contributed by atoms with E-state index in [1.165, 1.54) is 11.8 Å². The van der Waals surface area contributed by atoms with Crippen LogP contribution in [0.1, 0.15) is 47.0 Å². The Labute approximate surface area is 204 Å². The lowest BCUT2D eigenvalue weighted by molar-refractivity contribution is -0.131. The van der Waals surface area contributed by atoms with Gasteiger partial charge in [-0.1, -0.05) is 20.8 Å². The summed E-state index contributed by atoms with van der Waals surface area (Å²) in [6, 6.07) is -3.12. The molecule has 1 aliphatic heterocycles. The van der Waals surface area contributed by atoms with Crippen LogP contribution in [0.5, 0.6) is 0 Å². The van der Waals surface area contributed by atoms with Gasteiger partial charge in [-0.15, -0.1) is 0 Å². The summed E-state index contributed by atoms with van der Waals surface area (Å²) in [7, 11) is 0. The topological polar surface area (TPSA) is 205 Å². The average Bonchev–Trinajstić information content (AvgIpc) is 2.79. The smallest absolute Gasteiger partial charge is 0.449 e. The number of aliphatic hydroxyl groups excluding tert-OH is 1. The van der Waals surface area contributed by atoms with Gasteiger partial charge < -0.3 is 45.9 Å². The summed E-state index contributed by atoms with van der Waals surface area (Å²) in [5, 5.41) is 25.3. The van der Waals surface area contributed by atoms with E-state index in [0.29, 0.717) is 25.8 Å². The molecule has 1 saturated heterocycles. The number of aliphatic hydroxyl groups is 1. The highest BCUT2D eigenvalue weighted by molar-refractivity contribution is 5.91. The number of nitrogens with two attached hydrogens (primary N) is 1. The molecule has 0 spiro atoms. The highest BCUT2D eigenvalue weighted by Crippen LogP contribution is 2.15. The first-order valence-electron chi connectivity index (χ1n) is 11.6. The molecule has 4 atom stereocenters. The van der Waals surface area contributed by atoms with Gasteiger partial charge in [0.15, 0.2) is 5.96 Å². The zero-order chi connectivity index (χ0) is 26.5. The molecule has 1 heterocycles. The molecule has 0 bridgehead atoms. The van der Waals surface area contributed by atoms with Crippen LogP contribution in [0.25, 0.3) is 0 Å². The van der Waals surface area contributed by atoms with Crippen molar-refractivity contribution in [1.82, 2.24) is 20.9 Å². The van der Waals surface area contributed by atoms with Crippen molar-refractivity contribution in [3.63, 3.8) is 0 Å². The number of carbonyl (C=O) groups excluding carboxylic acids is 4. The van der Waals surface area contributed by atoms with Crippen molar-refractivity contribution in [2.75, 3.05) is 26.4 Å². The first-order valence-corrected chi connectivity index (χ1v) is 11.6. The molecule has 0 aliphatic carbocycles. The van der Waals surface area contributed by atoms with Crippen LogP contribution in [-0.2, 0) is 23.8 Å². The van der Waals surface area contributed by atoms with Crippen LogP contribution in [0.4, 0.5) is 9.59 Å².